The first-order valence-electron chi connectivity index (χ1n) is 17.0. The number of ketones is 1. The number of thioether (sulfide) groups is 1. The number of aliphatic hydroxyl groups excluding tert-OH is 1. The summed E-state index contributed by atoms with van der Waals surface area (Å²) in [6, 6.07) is 19.1. The molecule has 0 amide bonds. The van der Waals surface area contributed by atoms with Crippen LogP contribution in [0.25, 0.3) is 42.3 Å². The maximum Gasteiger partial charge on any atom is 0.164 e. The molecule has 1 radical (unpaired) electrons. The van der Waals surface area contributed by atoms with Crippen LogP contribution < -0.4 is 0 Å². The maximum atomic E-state index is 12.2. The molecule has 257 valence electrons. The zero-order chi connectivity index (χ0) is 34.1. The van der Waals surface area contributed by atoms with Gasteiger partial charge in [-0.05, 0) is 49.1 Å². The molecule has 1 N–H and O–H groups in total. The fourth-order valence-corrected chi connectivity index (χ4v) is 8.55. The summed E-state index contributed by atoms with van der Waals surface area (Å²) in [5.41, 5.74) is 4.28. The molecule has 0 bridgehead atoms. The molecular weight excluding hydrogens is 809 g/mol. The van der Waals surface area contributed by atoms with Crippen molar-refractivity contribution in [2.45, 2.75) is 105 Å². The first-order valence-corrected chi connectivity index (χ1v) is 18.8. The van der Waals surface area contributed by atoms with Gasteiger partial charge in [0.25, 0.3) is 0 Å². The molecule has 4 nitrogen and oxygen atoms in total. The molecule has 0 spiro atoms. The Labute approximate surface area is 308 Å². The van der Waals surface area contributed by atoms with Gasteiger partial charge in [0.2, 0.25) is 0 Å². The van der Waals surface area contributed by atoms with Gasteiger partial charge < -0.3 is 5.11 Å². The Hall–Kier alpha value is -2.57. The van der Waals surface area contributed by atoms with Crippen LogP contribution in [0.2, 0.25) is 0 Å². The van der Waals surface area contributed by atoms with Gasteiger partial charge in [-0.2, -0.15) is 0 Å². The molecule has 0 fully saturated rings. The largest absolute Gasteiger partial charge is 0.512 e. The van der Waals surface area contributed by atoms with Crippen molar-refractivity contribution in [3.05, 3.63) is 77.8 Å². The number of carbonyl (C=O) groups excluding carboxylic acids is 1. The molecule has 0 unspecified atom stereocenters. The van der Waals surface area contributed by atoms with Crippen molar-refractivity contribution in [1.29, 1.82) is 0 Å². The number of hydrogen-bond donors (Lipinski definition) is 1. The summed E-state index contributed by atoms with van der Waals surface area (Å²) < 4.78 is 1.30. The molecule has 0 atom stereocenters. The number of hydrogen-bond acceptors (Lipinski definition) is 6. The van der Waals surface area contributed by atoms with Crippen molar-refractivity contribution >= 4 is 60.0 Å². The summed E-state index contributed by atoms with van der Waals surface area (Å²) in [6.07, 6.45) is 7.61. The van der Waals surface area contributed by atoms with Crippen LogP contribution in [0.15, 0.2) is 65.5 Å². The van der Waals surface area contributed by atoms with Crippen molar-refractivity contribution in [3.63, 3.8) is 0 Å². The van der Waals surface area contributed by atoms with E-state index in [9.17, 15) is 9.90 Å². The number of fused-ring (bicyclic) bond motifs is 6. The molecular formula is C41H49IrN2O2S2-. The Morgan fingerprint density at radius 2 is 1.58 bits per heavy atom. The van der Waals surface area contributed by atoms with Crippen LogP contribution >= 0.6 is 23.1 Å². The van der Waals surface area contributed by atoms with Gasteiger partial charge in [-0.1, -0.05) is 97.5 Å². The van der Waals surface area contributed by atoms with E-state index in [1.807, 2.05) is 53.3 Å². The van der Waals surface area contributed by atoms with E-state index >= 15 is 0 Å². The summed E-state index contributed by atoms with van der Waals surface area (Å²) >= 11 is 3.74. The van der Waals surface area contributed by atoms with Crippen LogP contribution in [0.1, 0.15) is 99.1 Å². The molecule has 48 heavy (non-hydrogen) atoms. The summed E-state index contributed by atoms with van der Waals surface area (Å²) in [4.78, 5) is 24.1. The Morgan fingerprint density at radius 3 is 2.23 bits per heavy atom. The number of aromatic nitrogens is 2. The number of carbonyl (C=O) groups is 1. The maximum absolute atomic E-state index is 12.2. The minimum absolute atomic E-state index is 0. The van der Waals surface area contributed by atoms with E-state index < -0.39 is 0 Å². The minimum Gasteiger partial charge on any atom is -0.512 e. The average Bonchev–Trinajstić information content (AvgIpc) is 3.71. The number of allylic oxidation sites excluding steroid dienone is 2. The Bertz CT molecular complexity index is 1960. The second-order valence-corrected chi connectivity index (χ2v) is 16.5. The third-order valence-electron chi connectivity index (χ3n) is 10.5. The first kappa shape index (κ1) is 38.2. The second-order valence-electron chi connectivity index (χ2n) is 14.4. The molecule has 0 saturated heterocycles. The van der Waals surface area contributed by atoms with Gasteiger partial charge in [-0.25, -0.2) is 4.98 Å². The van der Waals surface area contributed by atoms with Gasteiger partial charge in [-0.3, -0.25) is 9.78 Å². The Balaban J connectivity index is 0.000000251. The summed E-state index contributed by atoms with van der Waals surface area (Å²) in [7, 11) is 0. The van der Waals surface area contributed by atoms with Crippen molar-refractivity contribution in [1.82, 2.24) is 9.97 Å². The van der Waals surface area contributed by atoms with E-state index in [-0.39, 0.29) is 47.9 Å². The van der Waals surface area contributed by atoms with Crippen molar-refractivity contribution in [2.75, 3.05) is 5.75 Å². The molecule has 1 aliphatic heterocycles. The van der Waals surface area contributed by atoms with E-state index in [0.717, 1.165) is 59.3 Å². The van der Waals surface area contributed by atoms with E-state index in [2.05, 4.69) is 74.3 Å². The fraction of sp³-hybridized carbons (Fsp3) is 0.439. The van der Waals surface area contributed by atoms with Crippen LogP contribution in [0, 0.1) is 16.9 Å². The van der Waals surface area contributed by atoms with Gasteiger partial charge in [0, 0.05) is 68.8 Å². The Morgan fingerprint density at radius 1 is 0.917 bits per heavy atom. The van der Waals surface area contributed by atoms with E-state index in [0.29, 0.717) is 0 Å². The van der Waals surface area contributed by atoms with E-state index in [1.165, 1.54) is 43.0 Å². The molecule has 0 saturated carbocycles. The number of aliphatic hydroxyl groups is 1. The number of benzene rings is 3. The van der Waals surface area contributed by atoms with Gasteiger partial charge in [0.1, 0.15) is 16.9 Å². The minimum atomic E-state index is -0.337. The van der Waals surface area contributed by atoms with Gasteiger partial charge >= 0.3 is 0 Å². The number of thiophene rings is 1. The summed E-state index contributed by atoms with van der Waals surface area (Å²) in [5.74, 6) is 1.44. The van der Waals surface area contributed by atoms with Gasteiger partial charge in [-0.15, -0.1) is 52.2 Å². The predicted octanol–water partition coefficient (Wildman–Crippen LogP) is 12.1. The third kappa shape index (κ3) is 7.31. The van der Waals surface area contributed by atoms with Crippen molar-refractivity contribution in [3.8, 4) is 11.3 Å². The van der Waals surface area contributed by atoms with Crippen molar-refractivity contribution in [2.24, 2.45) is 10.8 Å². The number of nitrogens with zero attached hydrogens (tertiary/aromatic N) is 2. The van der Waals surface area contributed by atoms with Crippen LogP contribution in [-0.2, 0) is 36.7 Å². The normalized spacial score (nSPS) is 13.7. The van der Waals surface area contributed by atoms with Crippen molar-refractivity contribution < 1.29 is 30.0 Å². The second kappa shape index (κ2) is 15.1. The topological polar surface area (TPSA) is 63.1 Å². The zero-order valence-corrected chi connectivity index (χ0v) is 33.9. The third-order valence-corrected chi connectivity index (χ3v) is 12.8. The molecule has 5 aromatic rings. The molecule has 3 heterocycles. The average molecular weight is 858 g/mol. The van der Waals surface area contributed by atoms with E-state index in [1.54, 1.807) is 17.7 Å². The van der Waals surface area contributed by atoms with Gasteiger partial charge in [0.05, 0.1) is 0 Å². The SMILES string of the molecule is CC(C)(C)c1cc(-c2ncnc3sc4ccc5c(c4c23)SCC5)[c-]c2ccccc12.CCC(C)(CC)C(=O)/C=C(\O)C(C)(CC)CC.[Ir]. The van der Waals surface area contributed by atoms with Crippen LogP contribution in [0.5, 0.6) is 0 Å². The first-order chi connectivity index (χ1) is 22.3. The van der Waals surface area contributed by atoms with Crippen LogP contribution in [0.4, 0.5) is 0 Å². The molecule has 3 aromatic carbocycles. The van der Waals surface area contributed by atoms with E-state index in [4.69, 9.17) is 4.98 Å². The van der Waals surface area contributed by atoms with Crippen LogP contribution in [-0.4, -0.2) is 26.6 Å². The summed E-state index contributed by atoms with van der Waals surface area (Å²) in [6.45, 7) is 18.9. The molecule has 1 aliphatic rings. The number of rotatable bonds is 8. The zero-order valence-electron chi connectivity index (χ0n) is 29.8. The Kier molecular flexibility index (Phi) is 12.0. The standard InChI is InChI=1S/C26H21N2S2.C15H28O2.Ir/c1-26(2,3)19-13-17(12-16-6-4-5-7-18(16)19)23-22-21-20(30-25(22)28-14-27-23)9-8-15-10-11-29-24(15)21;1-7-14(5,8-2)12(16)11-13(17)15(6,9-3)10-4;/h4-9,13-14H,10-11H2,1-3H3;11,16H,7-10H2,1-6H3;/q-1;;/b;12-11-;. The predicted molar refractivity (Wildman–Crippen MR) is 203 cm³/mol. The smallest absolute Gasteiger partial charge is 0.164 e. The van der Waals surface area contributed by atoms with Crippen LogP contribution in [0.3, 0.4) is 0 Å². The van der Waals surface area contributed by atoms with Gasteiger partial charge in [0.15, 0.2) is 5.78 Å². The molecule has 2 aromatic heterocycles. The molecule has 0 aliphatic carbocycles. The number of aryl methyl sites for hydroxylation is 1. The quantitative estimate of drug-likeness (QED) is 0.0957. The fourth-order valence-electron chi connectivity index (χ4n) is 6.20. The molecule has 7 heteroatoms. The monoisotopic (exact) mass is 858 g/mol. The molecule has 6 rings (SSSR count). The summed E-state index contributed by atoms with van der Waals surface area (Å²) in [5, 5.41) is 15.1.